The van der Waals surface area contributed by atoms with E-state index in [1.807, 2.05) is 0 Å². The number of pyridine rings is 1. The van der Waals surface area contributed by atoms with Gasteiger partial charge in [-0.1, -0.05) is 6.07 Å². The van der Waals surface area contributed by atoms with Gasteiger partial charge in [0.05, 0.1) is 29.1 Å². The smallest absolute Gasteiger partial charge is 0.380 e. The van der Waals surface area contributed by atoms with E-state index < -0.39 is 45.5 Å². The van der Waals surface area contributed by atoms with Gasteiger partial charge < -0.3 is 10.2 Å². The van der Waals surface area contributed by atoms with Crippen LogP contribution in [-0.4, -0.2) is 55.0 Å². The van der Waals surface area contributed by atoms with Crippen LogP contribution in [0.2, 0.25) is 0 Å². The lowest BCUT2D eigenvalue weighted by molar-refractivity contribution is -0.191. The van der Waals surface area contributed by atoms with Crippen LogP contribution in [0.4, 0.5) is 27.6 Å². The maximum Gasteiger partial charge on any atom is 0.414 e. The summed E-state index contributed by atoms with van der Waals surface area (Å²) in [6.45, 7) is 0. The molecule has 0 saturated carbocycles. The van der Waals surface area contributed by atoms with Crippen molar-refractivity contribution in [1.29, 1.82) is 0 Å². The number of hydrogen-bond donors (Lipinski definition) is 1. The average molecular weight is 518 g/mol. The molecule has 0 bridgehead atoms. The number of carbonyl (C=O) groups is 1. The van der Waals surface area contributed by atoms with Crippen LogP contribution in [0.5, 0.6) is 0 Å². The SMILES string of the molecule is CN(C(=O)C1CCS(=O)(=O)CC1)[C@@H](c1ccc(NC2Cc3ccc(F)c(F)c3C2)cn1)C(F)(F)F. The first kappa shape index (κ1) is 25.3. The summed E-state index contributed by atoms with van der Waals surface area (Å²) in [5.41, 5.74) is 0.962. The molecule has 1 aliphatic heterocycles. The number of sulfone groups is 1. The third-order valence-electron chi connectivity index (χ3n) is 6.60. The molecule has 190 valence electrons. The van der Waals surface area contributed by atoms with Crippen molar-refractivity contribution in [3.05, 3.63) is 58.9 Å². The molecule has 2 heterocycles. The molecular weight excluding hydrogens is 493 g/mol. The van der Waals surface area contributed by atoms with Gasteiger partial charge in [0.2, 0.25) is 5.91 Å². The van der Waals surface area contributed by atoms with Crippen molar-refractivity contribution in [3.63, 3.8) is 0 Å². The number of aromatic nitrogens is 1. The van der Waals surface area contributed by atoms with Crippen molar-refractivity contribution >= 4 is 21.4 Å². The van der Waals surface area contributed by atoms with Crippen LogP contribution >= 0.6 is 0 Å². The second-order valence-corrected chi connectivity index (χ2v) is 11.3. The molecular formula is C23H24F5N3O3S. The standard InChI is InChI=1S/C23H24F5N3O3S/c1-31(22(32)13-6-8-35(33,34)9-7-13)21(23(26,27)28)19-5-3-15(12-29-19)30-16-10-14-2-4-18(24)20(25)17(14)11-16/h2-5,12-13,16,21,30H,6-11H2,1H3/t16?,21-/m0/s1. The second kappa shape index (κ2) is 9.36. The highest BCUT2D eigenvalue weighted by Crippen LogP contribution is 2.38. The van der Waals surface area contributed by atoms with Crippen molar-refractivity contribution in [3.8, 4) is 0 Å². The summed E-state index contributed by atoms with van der Waals surface area (Å²) in [5.74, 6) is -3.85. The van der Waals surface area contributed by atoms with E-state index in [0.717, 1.165) is 19.2 Å². The van der Waals surface area contributed by atoms with Gasteiger partial charge in [-0.2, -0.15) is 13.2 Å². The first-order valence-corrected chi connectivity index (χ1v) is 12.9. The Morgan fingerprint density at radius 1 is 1.11 bits per heavy atom. The Balaban J connectivity index is 1.46. The van der Waals surface area contributed by atoms with Gasteiger partial charge in [-0.25, -0.2) is 17.2 Å². The minimum Gasteiger partial charge on any atom is -0.380 e. The molecule has 2 aliphatic rings. The topological polar surface area (TPSA) is 79.4 Å². The fourth-order valence-electron chi connectivity index (χ4n) is 4.76. The zero-order valence-corrected chi connectivity index (χ0v) is 19.6. The molecule has 1 saturated heterocycles. The highest BCUT2D eigenvalue weighted by Gasteiger charge is 2.47. The first-order valence-electron chi connectivity index (χ1n) is 11.1. The number of nitrogens with one attached hydrogen (secondary N) is 1. The Hall–Kier alpha value is -2.76. The van der Waals surface area contributed by atoms with Gasteiger partial charge in [0.1, 0.15) is 9.84 Å². The third kappa shape index (κ3) is 5.41. The fraction of sp³-hybridized carbons (Fsp3) is 0.478. The number of benzene rings is 1. The number of hydrogen-bond acceptors (Lipinski definition) is 5. The van der Waals surface area contributed by atoms with Crippen LogP contribution in [0.1, 0.15) is 35.7 Å². The largest absolute Gasteiger partial charge is 0.414 e. The number of fused-ring (bicyclic) bond motifs is 1. The van der Waals surface area contributed by atoms with Crippen molar-refractivity contribution in [2.75, 3.05) is 23.9 Å². The lowest BCUT2D eigenvalue weighted by Crippen LogP contribution is -2.44. The maximum atomic E-state index is 14.0. The van der Waals surface area contributed by atoms with Crippen LogP contribution < -0.4 is 5.32 Å². The minimum absolute atomic E-state index is 0.0133. The van der Waals surface area contributed by atoms with E-state index in [1.165, 1.54) is 18.3 Å². The van der Waals surface area contributed by atoms with Crippen LogP contribution in [0.25, 0.3) is 0 Å². The molecule has 0 radical (unpaired) electrons. The number of carbonyl (C=O) groups excluding carboxylic acids is 1. The molecule has 1 aromatic heterocycles. The fourth-order valence-corrected chi connectivity index (χ4v) is 6.25. The summed E-state index contributed by atoms with van der Waals surface area (Å²) in [5, 5.41) is 3.08. The summed E-state index contributed by atoms with van der Waals surface area (Å²) in [4.78, 5) is 17.3. The third-order valence-corrected chi connectivity index (χ3v) is 8.31. The minimum atomic E-state index is -4.80. The molecule has 35 heavy (non-hydrogen) atoms. The van der Waals surface area contributed by atoms with Crippen LogP contribution in [0.15, 0.2) is 30.5 Å². The molecule has 2 aromatic rings. The summed E-state index contributed by atoms with van der Waals surface area (Å²) in [6.07, 6.45) is -2.98. The van der Waals surface area contributed by atoms with E-state index in [-0.39, 0.29) is 48.1 Å². The molecule has 6 nitrogen and oxygen atoms in total. The van der Waals surface area contributed by atoms with E-state index >= 15 is 0 Å². The average Bonchev–Trinajstić information content (AvgIpc) is 3.19. The van der Waals surface area contributed by atoms with E-state index in [2.05, 4.69) is 10.3 Å². The molecule has 4 rings (SSSR count). The van der Waals surface area contributed by atoms with Crippen LogP contribution in [0.3, 0.4) is 0 Å². The lowest BCUT2D eigenvalue weighted by atomic mass is 9.99. The van der Waals surface area contributed by atoms with Gasteiger partial charge in [-0.05, 0) is 55.0 Å². The first-order chi connectivity index (χ1) is 16.4. The summed E-state index contributed by atoms with van der Waals surface area (Å²) in [7, 11) is -2.22. The van der Waals surface area contributed by atoms with Crippen LogP contribution in [0, 0.1) is 17.6 Å². The van der Waals surface area contributed by atoms with E-state index in [1.54, 1.807) is 0 Å². The lowest BCUT2D eigenvalue weighted by Gasteiger charge is -2.33. The van der Waals surface area contributed by atoms with Gasteiger partial charge in [0.15, 0.2) is 17.7 Å². The number of alkyl halides is 3. The number of nitrogens with zero attached hydrogens (tertiary/aromatic N) is 2. The molecule has 12 heteroatoms. The molecule has 1 unspecified atom stereocenters. The number of anilines is 1. The monoisotopic (exact) mass is 517 g/mol. The zero-order valence-electron chi connectivity index (χ0n) is 18.8. The Morgan fingerprint density at radius 3 is 2.40 bits per heavy atom. The predicted octanol–water partition coefficient (Wildman–Crippen LogP) is 3.83. The summed E-state index contributed by atoms with van der Waals surface area (Å²) >= 11 is 0. The van der Waals surface area contributed by atoms with Gasteiger partial charge in [0.25, 0.3) is 0 Å². The zero-order chi connectivity index (χ0) is 25.5. The molecule has 1 N–H and O–H groups in total. The molecule has 2 atom stereocenters. The molecule has 1 fully saturated rings. The van der Waals surface area contributed by atoms with E-state index in [0.29, 0.717) is 22.6 Å². The second-order valence-electron chi connectivity index (χ2n) is 9.04. The van der Waals surface area contributed by atoms with Gasteiger partial charge in [-0.3, -0.25) is 9.78 Å². The van der Waals surface area contributed by atoms with Crippen molar-refractivity contribution in [2.45, 2.75) is 43.9 Å². The molecule has 1 aromatic carbocycles. The summed E-state index contributed by atoms with van der Waals surface area (Å²) < 4.78 is 92.5. The Morgan fingerprint density at radius 2 is 1.80 bits per heavy atom. The number of amides is 1. The number of rotatable bonds is 5. The number of halogens is 5. The van der Waals surface area contributed by atoms with Gasteiger partial charge in [0, 0.05) is 19.0 Å². The predicted molar refractivity (Wildman–Crippen MR) is 118 cm³/mol. The molecule has 1 amide bonds. The Kier molecular flexibility index (Phi) is 6.78. The van der Waals surface area contributed by atoms with Gasteiger partial charge >= 0.3 is 6.18 Å². The van der Waals surface area contributed by atoms with Crippen molar-refractivity contribution in [1.82, 2.24) is 9.88 Å². The van der Waals surface area contributed by atoms with E-state index in [9.17, 15) is 35.2 Å². The summed E-state index contributed by atoms with van der Waals surface area (Å²) in [6, 6.07) is 2.56. The Labute approximate surface area is 199 Å². The maximum absolute atomic E-state index is 14.0. The van der Waals surface area contributed by atoms with Gasteiger partial charge in [-0.15, -0.1) is 0 Å². The normalized spacial score (nSPS) is 20.8. The Bertz CT molecular complexity index is 1200. The quantitative estimate of drug-likeness (QED) is 0.610. The molecule has 1 aliphatic carbocycles. The molecule has 0 spiro atoms. The van der Waals surface area contributed by atoms with Crippen molar-refractivity contribution in [2.24, 2.45) is 5.92 Å². The van der Waals surface area contributed by atoms with Crippen molar-refractivity contribution < 1.29 is 35.2 Å². The highest BCUT2D eigenvalue weighted by molar-refractivity contribution is 7.91. The van der Waals surface area contributed by atoms with Crippen LogP contribution in [-0.2, 0) is 27.5 Å². The van der Waals surface area contributed by atoms with E-state index in [4.69, 9.17) is 0 Å². The highest BCUT2D eigenvalue weighted by atomic mass is 32.2.